The monoisotopic (exact) mass is 427 g/mol. The zero-order valence-electron chi connectivity index (χ0n) is 13.3. The Bertz CT molecular complexity index is 889. The Balaban J connectivity index is 1.89. The van der Waals surface area contributed by atoms with Crippen molar-refractivity contribution >= 4 is 56.1 Å². The number of allylic oxidation sites excluding steroid dienone is 1. The fourth-order valence-corrected chi connectivity index (χ4v) is 3.81. The minimum Gasteiger partial charge on any atom is -0.257 e. The van der Waals surface area contributed by atoms with Gasteiger partial charge in [0.25, 0.3) is 0 Å². The van der Waals surface area contributed by atoms with Crippen molar-refractivity contribution in [3.05, 3.63) is 100.0 Å². The fourth-order valence-electron chi connectivity index (χ4n) is 2.17. The first-order chi connectivity index (χ1) is 12.2. The van der Waals surface area contributed by atoms with Crippen molar-refractivity contribution in [3.63, 3.8) is 0 Å². The van der Waals surface area contributed by atoms with Gasteiger partial charge >= 0.3 is 0 Å². The molecule has 3 rings (SSSR count). The molecule has 0 aliphatic carbocycles. The van der Waals surface area contributed by atoms with E-state index in [9.17, 15) is 0 Å². The van der Waals surface area contributed by atoms with E-state index in [0.29, 0.717) is 0 Å². The first kappa shape index (κ1) is 18.0. The minimum absolute atomic E-state index is 0.730. The van der Waals surface area contributed by atoms with Crippen molar-refractivity contribution in [2.24, 2.45) is 4.99 Å². The lowest BCUT2D eigenvalue weighted by molar-refractivity contribution is 1.44. The van der Waals surface area contributed by atoms with E-state index in [-0.39, 0.29) is 0 Å². The summed E-state index contributed by atoms with van der Waals surface area (Å²) in [5, 5.41) is 0.730. The highest BCUT2D eigenvalue weighted by atomic mass is 79.9. The molecule has 0 aromatic heterocycles. The summed E-state index contributed by atoms with van der Waals surface area (Å²) >= 11 is 11.2. The molecule has 0 fully saturated rings. The summed E-state index contributed by atoms with van der Waals surface area (Å²) < 4.78 is 1.06. The molecule has 0 N–H and O–H groups in total. The van der Waals surface area contributed by atoms with Crippen molar-refractivity contribution < 1.29 is 0 Å². The van der Waals surface area contributed by atoms with Crippen LogP contribution < -0.4 is 0 Å². The summed E-state index contributed by atoms with van der Waals surface area (Å²) in [5.74, 6) is 0. The number of aliphatic imine (C=N–C) groups is 1. The smallest absolute Gasteiger partial charge is 0.0629 e. The molecule has 3 aromatic carbocycles. The molecule has 0 unspecified atom stereocenters. The summed E-state index contributed by atoms with van der Waals surface area (Å²) in [5.41, 5.74) is 2.04. The quantitative estimate of drug-likeness (QED) is 0.300. The van der Waals surface area contributed by atoms with E-state index in [1.54, 1.807) is 11.8 Å². The number of nitrogens with zero attached hydrogens (tertiary/aromatic N) is 1. The normalized spacial score (nSPS) is 11.8. The number of para-hydroxylation sites is 1. The van der Waals surface area contributed by atoms with Crippen LogP contribution in [0.5, 0.6) is 0 Å². The number of benzene rings is 3. The molecule has 0 saturated carbocycles. The average Bonchev–Trinajstić information content (AvgIpc) is 2.63. The molecule has 0 aliphatic heterocycles. The molecule has 0 spiro atoms. The van der Waals surface area contributed by atoms with Gasteiger partial charge in [0.2, 0.25) is 0 Å². The van der Waals surface area contributed by atoms with Gasteiger partial charge in [-0.25, -0.2) is 0 Å². The Morgan fingerprint density at radius 2 is 1.68 bits per heavy atom. The predicted octanol–water partition coefficient (Wildman–Crippen LogP) is 7.64. The van der Waals surface area contributed by atoms with Crippen LogP contribution >= 0.6 is 39.3 Å². The van der Waals surface area contributed by atoms with Gasteiger partial charge in [-0.2, -0.15) is 0 Å². The van der Waals surface area contributed by atoms with Gasteiger partial charge in [-0.15, -0.1) is 0 Å². The van der Waals surface area contributed by atoms with E-state index in [1.165, 1.54) is 0 Å². The molecule has 4 heteroatoms. The Morgan fingerprint density at radius 3 is 2.40 bits per heavy atom. The van der Waals surface area contributed by atoms with Gasteiger partial charge in [0, 0.05) is 25.5 Å². The number of halogens is 2. The molecule has 0 heterocycles. The molecule has 0 amide bonds. The molecule has 124 valence electrons. The lowest BCUT2D eigenvalue weighted by atomic mass is 10.2. The first-order valence-corrected chi connectivity index (χ1v) is 9.68. The van der Waals surface area contributed by atoms with Crippen molar-refractivity contribution in [2.45, 2.75) is 4.90 Å². The Hall–Kier alpha value is -1.81. The standard InChI is InChI=1S/C21H15BrClNS/c22-17-5-4-8-20(15-17)25-21(16-9-11-18(23)12-10-16)13-14-24-19-6-2-1-3-7-19/h1-15H/b21-13+,24-14?. The highest BCUT2D eigenvalue weighted by molar-refractivity contribution is 9.10. The summed E-state index contributed by atoms with van der Waals surface area (Å²) in [6, 6.07) is 26.0. The Labute approximate surface area is 165 Å². The second kappa shape index (κ2) is 9.04. The van der Waals surface area contributed by atoms with E-state index >= 15 is 0 Å². The molecule has 0 bridgehead atoms. The third-order valence-electron chi connectivity index (χ3n) is 3.36. The zero-order chi connectivity index (χ0) is 17.5. The molecule has 0 atom stereocenters. The molecule has 3 aromatic rings. The van der Waals surface area contributed by atoms with Gasteiger partial charge in [0.15, 0.2) is 0 Å². The maximum Gasteiger partial charge on any atom is 0.0629 e. The van der Waals surface area contributed by atoms with Gasteiger partial charge in [-0.1, -0.05) is 75.7 Å². The summed E-state index contributed by atoms with van der Waals surface area (Å²) in [6.07, 6.45) is 3.87. The van der Waals surface area contributed by atoms with E-state index in [1.807, 2.05) is 79.0 Å². The molecule has 0 saturated heterocycles. The summed E-state index contributed by atoms with van der Waals surface area (Å²) in [7, 11) is 0. The lowest BCUT2D eigenvalue weighted by Crippen LogP contribution is -1.82. The number of rotatable bonds is 5. The van der Waals surface area contributed by atoms with E-state index in [4.69, 9.17) is 11.6 Å². The zero-order valence-corrected chi connectivity index (χ0v) is 16.4. The van der Waals surface area contributed by atoms with Crippen LogP contribution in [0.2, 0.25) is 5.02 Å². The van der Waals surface area contributed by atoms with Crippen LogP contribution in [-0.2, 0) is 0 Å². The van der Waals surface area contributed by atoms with Crippen LogP contribution in [0.15, 0.2) is 99.3 Å². The van der Waals surface area contributed by atoms with Gasteiger partial charge in [0.05, 0.1) is 5.69 Å². The van der Waals surface area contributed by atoms with Crippen molar-refractivity contribution in [2.75, 3.05) is 0 Å². The first-order valence-electron chi connectivity index (χ1n) is 7.69. The third-order valence-corrected chi connectivity index (χ3v) is 5.18. The van der Waals surface area contributed by atoms with Crippen LogP contribution in [0.4, 0.5) is 5.69 Å². The topological polar surface area (TPSA) is 12.4 Å². The van der Waals surface area contributed by atoms with Crippen molar-refractivity contribution in [1.29, 1.82) is 0 Å². The highest BCUT2D eigenvalue weighted by Gasteiger charge is 2.05. The van der Waals surface area contributed by atoms with E-state index in [0.717, 1.165) is 30.5 Å². The van der Waals surface area contributed by atoms with Crippen LogP contribution in [0.3, 0.4) is 0 Å². The number of hydrogen-bond acceptors (Lipinski definition) is 2. The van der Waals surface area contributed by atoms with E-state index < -0.39 is 0 Å². The highest BCUT2D eigenvalue weighted by Crippen LogP contribution is 2.35. The Morgan fingerprint density at radius 1 is 0.920 bits per heavy atom. The summed E-state index contributed by atoms with van der Waals surface area (Å²) in [4.78, 5) is 6.76. The van der Waals surface area contributed by atoms with Gasteiger partial charge in [-0.05, 0) is 54.1 Å². The molecule has 0 radical (unpaired) electrons. The van der Waals surface area contributed by atoms with Gasteiger partial charge < -0.3 is 0 Å². The van der Waals surface area contributed by atoms with Gasteiger partial charge in [0.1, 0.15) is 0 Å². The van der Waals surface area contributed by atoms with Crippen molar-refractivity contribution in [1.82, 2.24) is 0 Å². The van der Waals surface area contributed by atoms with Gasteiger partial charge in [-0.3, -0.25) is 4.99 Å². The number of hydrogen-bond donors (Lipinski definition) is 0. The largest absolute Gasteiger partial charge is 0.257 e. The SMILES string of the molecule is Clc1ccc(/C(=C\C=Nc2ccccc2)Sc2cccc(Br)c2)cc1. The van der Waals surface area contributed by atoms with E-state index in [2.05, 4.69) is 33.1 Å². The summed E-state index contributed by atoms with van der Waals surface area (Å²) in [6.45, 7) is 0. The van der Waals surface area contributed by atoms with Crippen molar-refractivity contribution in [3.8, 4) is 0 Å². The van der Waals surface area contributed by atoms with Crippen LogP contribution in [0.1, 0.15) is 5.56 Å². The maximum absolute atomic E-state index is 6.02. The Kier molecular flexibility index (Phi) is 6.51. The lowest BCUT2D eigenvalue weighted by Gasteiger charge is -2.08. The molecular formula is C21H15BrClNS. The van der Waals surface area contributed by atoms with Crippen LogP contribution in [0.25, 0.3) is 4.91 Å². The molecular weight excluding hydrogens is 414 g/mol. The molecule has 0 aliphatic rings. The molecule has 25 heavy (non-hydrogen) atoms. The predicted molar refractivity (Wildman–Crippen MR) is 114 cm³/mol. The van der Waals surface area contributed by atoms with Crippen LogP contribution in [0, 0.1) is 0 Å². The third kappa shape index (κ3) is 5.60. The average molecular weight is 429 g/mol. The molecule has 1 nitrogen and oxygen atoms in total. The fraction of sp³-hybridized carbons (Fsp3) is 0. The second-order valence-electron chi connectivity index (χ2n) is 5.21. The maximum atomic E-state index is 6.02. The second-order valence-corrected chi connectivity index (χ2v) is 7.68. The minimum atomic E-state index is 0.730. The van der Waals surface area contributed by atoms with Crippen LogP contribution in [-0.4, -0.2) is 6.21 Å². The number of thioether (sulfide) groups is 1.